The molecule has 0 atom stereocenters. The molecule has 0 spiro atoms. The lowest BCUT2D eigenvalue weighted by Gasteiger charge is -2.24. The number of methoxy groups -OCH3 is 1. The van der Waals surface area contributed by atoms with Gasteiger partial charge < -0.3 is 14.8 Å². The molecule has 7 nitrogen and oxygen atoms in total. The Morgan fingerprint density at radius 2 is 1.83 bits per heavy atom. The van der Waals surface area contributed by atoms with Gasteiger partial charge in [0.25, 0.3) is 0 Å². The Balaban J connectivity index is 1.78. The Morgan fingerprint density at radius 1 is 1.14 bits per heavy atom. The van der Waals surface area contributed by atoms with Crippen LogP contribution in [0.1, 0.15) is 12.8 Å². The number of carbonyl (C=O) groups is 1. The molecule has 0 aliphatic heterocycles. The van der Waals surface area contributed by atoms with E-state index in [-0.39, 0.29) is 31.3 Å². The van der Waals surface area contributed by atoms with Crippen LogP contribution >= 0.6 is 0 Å². The van der Waals surface area contributed by atoms with Crippen molar-refractivity contribution in [3.8, 4) is 11.5 Å². The number of sulfonamides is 1. The Bertz CT molecular complexity index is 903. The van der Waals surface area contributed by atoms with Crippen molar-refractivity contribution in [3.63, 3.8) is 0 Å². The molecule has 1 amide bonds. The van der Waals surface area contributed by atoms with Crippen molar-refractivity contribution < 1.29 is 27.1 Å². The number of para-hydroxylation sites is 2. The van der Waals surface area contributed by atoms with Gasteiger partial charge in [-0.15, -0.1) is 0 Å². The van der Waals surface area contributed by atoms with Crippen LogP contribution in [-0.4, -0.2) is 47.4 Å². The highest BCUT2D eigenvalue weighted by molar-refractivity contribution is 7.92. The number of nitrogens with one attached hydrogen (secondary N) is 1. The van der Waals surface area contributed by atoms with Crippen LogP contribution in [0.25, 0.3) is 0 Å². The summed E-state index contributed by atoms with van der Waals surface area (Å²) >= 11 is 0. The fourth-order valence-electron chi connectivity index (χ4n) is 2.66. The van der Waals surface area contributed by atoms with Crippen LogP contribution in [-0.2, 0) is 14.8 Å². The molecule has 0 radical (unpaired) electrons. The third kappa shape index (κ3) is 7.26. The molecular formula is C20H25FN2O5S. The molecule has 29 heavy (non-hydrogen) atoms. The van der Waals surface area contributed by atoms with Crippen LogP contribution < -0.4 is 19.1 Å². The van der Waals surface area contributed by atoms with Gasteiger partial charge in [0.05, 0.1) is 25.6 Å². The van der Waals surface area contributed by atoms with Crippen molar-refractivity contribution in [1.82, 2.24) is 5.32 Å². The quantitative estimate of drug-likeness (QED) is 0.561. The summed E-state index contributed by atoms with van der Waals surface area (Å²) in [7, 11) is -2.06. The van der Waals surface area contributed by atoms with E-state index in [0.29, 0.717) is 30.2 Å². The first-order valence-corrected chi connectivity index (χ1v) is 10.9. The topological polar surface area (TPSA) is 84.9 Å². The summed E-state index contributed by atoms with van der Waals surface area (Å²) in [5, 5.41) is 2.71. The van der Waals surface area contributed by atoms with Crippen molar-refractivity contribution in [2.45, 2.75) is 12.8 Å². The van der Waals surface area contributed by atoms with E-state index in [4.69, 9.17) is 9.47 Å². The molecule has 0 heterocycles. The fourth-order valence-corrected chi connectivity index (χ4v) is 3.63. The van der Waals surface area contributed by atoms with Crippen LogP contribution in [0.3, 0.4) is 0 Å². The summed E-state index contributed by atoms with van der Waals surface area (Å²) in [6, 6.07) is 12.4. The molecule has 2 aromatic carbocycles. The van der Waals surface area contributed by atoms with Crippen LogP contribution in [0.15, 0.2) is 48.5 Å². The smallest absolute Gasteiger partial charge is 0.232 e. The summed E-state index contributed by atoms with van der Waals surface area (Å²) in [4.78, 5) is 12.0. The molecule has 0 saturated carbocycles. The van der Waals surface area contributed by atoms with E-state index in [1.807, 2.05) is 0 Å². The molecule has 9 heteroatoms. The standard InChI is InChI=1S/C20H25FN2O5S/c1-27-19-7-4-3-6-18(19)23(29(2,25)26)14-5-8-20(24)22-13-15-28-17-11-9-16(21)10-12-17/h3-4,6-7,9-12H,5,8,13-15H2,1-2H3,(H,22,24). The molecular weight excluding hydrogens is 399 g/mol. The number of halogens is 1. The monoisotopic (exact) mass is 424 g/mol. The SMILES string of the molecule is COc1ccccc1N(CCCC(=O)NCCOc1ccc(F)cc1)S(C)(=O)=O. The van der Waals surface area contributed by atoms with Crippen molar-refractivity contribution >= 4 is 21.6 Å². The zero-order valence-corrected chi connectivity index (χ0v) is 17.2. The lowest BCUT2D eigenvalue weighted by molar-refractivity contribution is -0.121. The summed E-state index contributed by atoms with van der Waals surface area (Å²) < 4.78 is 49.0. The van der Waals surface area contributed by atoms with E-state index in [9.17, 15) is 17.6 Å². The minimum absolute atomic E-state index is 0.151. The van der Waals surface area contributed by atoms with Gasteiger partial charge in [0.15, 0.2) is 0 Å². The molecule has 158 valence electrons. The van der Waals surface area contributed by atoms with Crippen molar-refractivity contribution in [2.75, 3.05) is 37.4 Å². The van der Waals surface area contributed by atoms with Gasteiger partial charge >= 0.3 is 0 Å². The predicted molar refractivity (Wildman–Crippen MR) is 109 cm³/mol. The number of hydrogen-bond donors (Lipinski definition) is 1. The lowest BCUT2D eigenvalue weighted by atomic mass is 10.2. The first-order chi connectivity index (χ1) is 13.8. The van der Waals surface area contributed by atoms with E-state index >= 15 is 0 Å². The third-order valence-corrected chi connectivity index (χ3v) is 5.21. The normalized spacial score (nSPS) is 11.0. The Morgan fingerprint density at radius 3 is 2.48 bits per heavy atom. The van der Waals surface area contributed by atoms with Crippen molar-refractivity contribution in [2.24, 2.45) is 0 Å². The molecule has 0 aromatic heterocycles. The van der Waals surface area contributed by atoms with E-state index in [0.717, 1.165) is 6.26 Å². The minimum atomic E-state index is -3.53. The highest BCUT2D eigenvalue weighted by atomic mass is 32.2. The fraction of sp³-hybridized carbons (Fsp3) is 0.350. The molecule has 0 bridgehead atoms. The molecule has 0 aliphatic rings. The predicted octanol–water partition coefficient (Wildman–Crippen LogP) is 2.58. The number of carbonyl (C=O) groups excluding carboxylic acids is 1. The number of benzene rings is 2. The summed E-state index contributed by atoms with van der Waals surface area (Å²) in [6.45, 7) is 0.686. The average Bonchev–Trinajstić information content (AvgIpc) is 2.69. The van der Waals surface area contributed by atoms with Gasteiger partial charge in [0.2, 0.25) is 15.9 Å². The molecule has 0 fully saturated rings. The average molecular weight is 424 g/mol. The summed E-state index contributed by atoms with van der Waals surface area (Å²) in [5.74, 6) is 0.407. The number of nitrogens with zero attached hydrogens (tertiary/aromatic N) is 1. The molecule has 2 rings (SSSR count). The van der Waals surface area contributed by atoms with Crippen LogP contribution in [0.5, 0.6) is 11.5 Å². The van der Waals surface area contributed by atoms with Gasteiger partial charge in [-0.05, 0) is 42.8 Å². The van der Waals surface area contributed by atoms with E-state index < -0.39 is 10.0 Å². The Kier molecular flexibility index (Phi) is 8.26. The highest BCUT2D eigenvalue weighted by Gasteiger charge is 2.20. The number of ether oxygens (including phenoxy) is 2. The maximum absolute atomic E-state index is 12.8. The molecule has 0 aliphatic carbocycles. The van der Waals surface area contributed by atoms with Crippen LogP contribution in [0.2, 0.25) is 0 Å². The van der Waals surface area contributed by atoms with E-state index in [1.54, 1.807) is 24.3 Å². The zero-order chi connectivity index (χ0) is 21.3. The second-order valence-corrected chi connectivity index (χ2v) is 8.17. The number of rotatable bonds is 11. The first kappa shape index (κ1) is 22.5. The van der Waals surface area contributed by atoms with Gasteiger partial charge in [-0.1, -0.05) is 12.1 Å². The van der Waals surface area contributed by atoms with Gasteiger partial charge in [0, 0.05) is 13.0 Å². The third-order valence-electron chi connectivity index (χ3n) is 4.03. The largest absolute Gasteiger partial charge is 0.495 e. The lowest BCUT2D eigenvalue weighted by Crippen LogP contribution is -2.33. The number of anilines is 1. The van der Waals surface area contributed by atoms with E-state index in [1.165, 1.54) is 35.7 Å². The highest BCUT2D eigenvalue weighted by Crippen LogP contribution is 2.29. The van der Waals surface area contributed by atoms with Crippen molar-refractivity contribution in [1.29, 1.82) is 0 Å². The van der Waals surface area contributed by atoms with Crippen molar-refractivity contribution in [3.05, 3.63) is 54.3 Å². The molecule has 0 saturated heterocycles. The van der Waals surface area contributed by atoms with Gasteiger partial charge in [-0.3, -0.25) is 9.10 Å². The van der Waals surface area contributed by atoms with Gasteiger partial charge in [-0.2, -0.15) is 0 Å². The maximum Gasteiger partial charge on any atom is 0.232 e. The van der Waals surface area contributed by atoms with Crippen LogP contribution in [0.4, 0.5) is 10.1 Å². The van der Waals surface area contributed by atoms with E-state index in [2.05, 4.69) is 5.32 Å². The van der Waals surface area contributed by atoms with Gasteiger partial charge in [-0.25, -0.2) is 12.8 Å². The zero-order valence-electron chi connectivity index (χ0n) is 16.4. The minimum Gasteiger partial charge on any atom is -0.495 e. The molecule has 0 unspecified atom stereocenters. The maximum atomic E-state index is 12.8. The second kappa shape index (κ2) is 10.7. The summed E-state index contributed by atoms with van der Waals surface area (Å²) in [5.41, 5.74) is 0.436. The molecule has 2 aromatic rings. The number of hydrogen-bond acceptors (Lipinski definition) is 5. The first-order valence-electron chi connectivity index (χ1n) is 9.07. The summed E-state index contributed by atoms with van der Waals surface area (Å²) in [6.07, 6.45) is 1.62. The van der Waals surface area contributed by atoms with Crippen LogP contribution in [0, 0.1) is 5.82 Å². The molecule has 1 N–H and O–H groups in total. The Labute approximate surface area is 170 Å². The Hall–Kier alpha value is -2.81. The van der Waals surface area contributed by atoms with Gasteiger partial charge in [0.1, 0.15) is 23.9 Å². The number of amides is 1. The second-order valence-electron chi connectivity index (χ2n) is 6.26.